The number of nitrogens with zero attached hydrogens (tertiary/aromatic N) is 3. The van der Waals surface area contributed by atoms with Crippen molar-refractivity contribution in [1.29, 1.82) is 0 Å². The lowest BCUT2D eigenvalue weighted by atomic mass is 10.1. The molecule has 0 saturated carbocycles. The molecule has 0 amide bonds. The molecule has 4 heteroatoms. The molecule has 0 aromatic carbocycles. The maximum Gasteiger partial charge on any atom is 0.111 e. The van der Waals surface area contributed by atoms with Crippen molar-refractivity contribution in [2.75, 3.05) is 0 Å². The number of rotatable bonds is 3. The van der Waals surface area contributed by atoms with E-state index in [-0.39, 0.29) is 0 Å². The summed E-state index contributed by atoms with van der Waals surface area (Å²) in [5.74, 6) is 0. The summed E-state index contributed by atoms with van der Waals surface area (Å²) < 4.78 is 0. The van der Waals surface area contributed by atoms with Gasteiger partial charge in [0, 0.05) is 24.5 Å². The molecule has 0 fully saturated rings. The minimum absolute atomic E-state index is 0.467. The standard InChI is InChI=1S/C12H11N3O/c16-15-12(11-6-2-4-8-14-11)9-10-5-1-3-7-13-10/h1-8,16H,9H2/b15-12+. The topological polar surface area (TPSA) is 58.4 Å². The molecule has 0 spiro atoms. The monoisotopic (exact) mass is 213 g/mol. The zero-order valence-electron chi connectivity index (χ0n) is 8.61. The summed E-state index contributed by atoms with van der Waals surface area (Å²) in [6.45, 7) is 0. The number of hydrogen-bond donors (Lipinski definition) is 1. The fourth-order valence-electron chi connectivity index (χ4n) is 1.38. The maximum atomic E-state index is 8.96. The van der Waals surface area contributed by atoms with E-state index < -0.39 is 0 Å². The van der Waals surface area contributed by atoms with Crippen LogP contribution in [0.15, 0.2) is 53.9 Å². The highest BCUT2D eigenvalue weighted by Crippen LogP contribution is 2.03. The first-order valence-electron chi connectivity index (χ1n) is 4.92. The molecular weight excluding hydrogens is 202 g/mol. The molecule has 1 N–H and O–H groups in total. The Balaban J connectivity index is 2.20. The van der Waals surface area contributed by atoms with Crippen LogP contribution in [0.1, 0.15) is 11.4 Å². The summed E-state index contributed by atoms with van der Waals surface area (Å²) in [5.41, 5.74) is 2.02. The predicted octanol–water partition coefficient (Wildman–Crippen LogP) is 1.90. The number of aromatic nitrogens is 2. The van der Waals surface area contributed by atoms with Crippen LogP contribution in [0.3, 0.4) is 0 Å². The molecular formula is C12H11N3O. The van der Waals surface area contributed by atoms with Crippen molar-refractivity contribution in [2.24, 2.45) is 5.16 Å². The van der Waals surface area contributed by atoms with Crippen molar-refractivity contribution < 1.29 is 5.21 Å². The zero-order chi connectivity index (χ0) is 11.2. The molecule has 0 saturated heterocycles. The molecule has 0 unspecified atom stereocenters. The predicted molar refractivity (Wildman–Crippen MR) is 60.5 cm³/mol. The fourth-order valence-corrected chi connectivity index (χ4v) is 1.38. The molecule has 4 nitrogen and oxygen atoms in total. The third-order valence-corrected chi connectivity index (χ3v) is 2.16. The molecule has 0 radical (unpaired) electrons. The highest BCUT2D eigenvalue weighted by Gasteiger charge is 2.06. The molecule has 2 rings (SSSR count). The van der Waals surface area contributed by atoms with E-state index >= 15 is 0 Å². The lowest BCUT2D eigenvalue weighted by Gasteiger charge is -2.02. The van der Waals surface area contributed by atoms with E-state index in [0.29, 0.717) is 17.8 Å². The van der Waals surface area contributed by atoms with Crippen molar-refractivity contribution in [1.82, 2.24) is 9.97 Å². The highest BCUT2D eigenvalue weighted by molar-refractivity contribution is 5.99. The fraction of sp³-hybridized carbons (Fsp3) is 0.0833. The molecule has 0 atom stereocenters. The second kappa shape index (κ2) is 5.02. The molecule has 2 aromatic heterocycles. The summed E-state index contributed by atoms with van der Waals surface area (Å²) in [6.07, 6.45) is 3.84. The Morgan fingerprint density at radius 3 is 2.38 bits per heavy atom. The molecule has 2 heterocycles. The Morgan fingerprint density at radius 1 is 1.06 bits per heavy atom. The average Bonchev–Trinajstić information content (AvgIpc) is 2.38. The summed E-state index contributed by atoms with van der Waals surface area (Å²) in [7, 11) is 0. The Kier molecular flexibility index (Phi) is 3.23. The van der Waals surface area contributed by atoms with Gasteiger partial charge in [0.05, 0.1) is 5.69 Å². The first-order valence-corrected chi connectivity index (χ1v) is 4.92. The van der Waals surface area contributed by atoms with Gasteiger partial charge in [-0.15, -0.1) is 0 Å². The van der Waals surface area contributed by atoms with Gasteiger partial charge in [0.25, 0.3) is 0 Å². The second-order valence-electron chi connectivity index (χ2n) is 3.26. The molecule has 0 aliphatic carbocycles. The Bertz CT molecular complexity index is 468. The summed E-state index contributed by atoms with van der Waals surface area (Å²) in [4.78, 5) is 8.30. The van der Waals surface area contributed by atoms with Gasteiger partial charge in [-0.25, -0.2) is 0 Å². The van der Waals surface area contributed by atoms with Gasteiger partial charge in [-0.05, 0) is 24.3 Å². The third kappa shape index (κ3) is 2.42. The number of hydrogen-bond acceptors (Lipinski definition) is 4. The van der Waals surface area contributed by atoms with Crippen LogP contribution < -0.4 is 0 Å². The molecule has 0 aliphatic rings. The van der Waals surface area contributed by atoms with Gasteiger partial charge in [-0.1, -0.05) is 17.3 Å². The summed E-state index contributed by atoms with van der Waals surface area (Å²) in [6, 6.07) is 11.1. The third-order valence-electron chi connectivity index (χ3n) is 2.16. The largest absolute Gasteiger partial charge is 0.411 e. The van der Waals surface area contributed by atoms with Gasteiger partial charge in [-0.2, -0.15) is 0 Å². The van der Waals surface area contributed by atoms with Crippen LogP contribution in [0.25, 0.3) is 0 Å². The van der Waals surface area contributed by atoms with Crippen molar-refractivity contribution in [3.8, 4) is 0 Å². The maximum absolute atomic E-state index is 8.96. The van der Waals surface area contributed by atoms with E-state index in [1.807, 2.05) is 30.3 Å². The minimum atomic E-state index is 0.467. The Labute approximate surface area is 93.3 Å². The molecule has 0 aliphatic heterocycles. The van der Waals surface area contributed by atoms with E-state index in [2.05, 4.69) is 15.1 Å². The van der Waals surface area contributed by atoms with Crippen LogP contribution in [-0.2, 0) is 6.42 Å². The van der Waals surface area contributed by atoms with Crippen molar-refractivity contribution in [2.45, 2.75) is 6.42 Å². The zero-order valence-corrected chi connectivity index (χ0v) is 8.61. The smallest absolute Gasteiger partial charge is 0.111 e. The number of pyridine rings is 2. The quantitative estimate of drug-likeness (QED) is 0.481. The van der Waals surface area contributed by atoms with E-state index in [1.54, 1.807) is 18.5 Å². The summed E-state index contributed by atoms with van der Waals surface area (Å²) in [5, 5.41) is 12.2. The van der Waals surface area contributed by atoms with Crippen LogP contribution >= 0.6 is 0 Å². The first-order chi connectivity index (χ1) is 7.90. The summed E-state index contributed by atoms with van der Waals surface area (Å²) >= 11 is 0. The van der Waals surface area contributed by atoms with E-state index in [0.717, 1.165) is 5.69 Å². The van der Waals surface area contributed by atoms with Crippen molar-refractivity contribution in [3.05, 3.63) is 60.2 Å². The van der Waals surface area contributed by atoms with Crippen LogP contribution in [-0.4, -0.2) is 20.9 Å². The van der Waals surface area contributed by atoms with E-state index in [9.17, 15) is 0 Å². The average molecular weight is 213 g/mol. The Morgan fingerprint density at radius 2 is 1.81 bits per heavy atom. The van der Waals surface area contributed by atoms with Gasteiger partial charge < -0.3 is 5.21 Å². The van der Waals surface area contributed by atoms with Gasteiger partial charge in [0.15, 0.2) is 0 Å². The number of oxime groups is 1. The van der Waals surface area contributed by atoms with Crippen LogP contribution in [0.2, 0.25) is 0 Å². The minimum Gasteiger partial charge on any atom is -0.411 e. The molecule has 80 valence electrons. The van der Waals surface area contributed by atoms with Crippen LogP contribution in [0.5, 0.6) is 0 Å². The molecule has 16 heavy (non-hydrogen) atoms. The molecule has 2 aromatic rings. The normalized spacial score (nSPS) is 11.4. The van der Waals surface area contributed by atoms with Gasteiger partial charge in [0.1, 0.15) is 5.71 Å². The van der Waals surface area contributed by atoms with Crippen LogP contribution in [0.4, 0.5) is 0 Å². The highest BCUT2D eigenvalue weighted by atomic mass is 16.4. The SMILES string of the molecule is O/N=C(\Cc1ccccn1)c1ccccn1. The lowest BCUT2D eigenvalue weighted by molar-refractivity contribution is 0.318. The Hall–Kier alpha value is -2.23. The second-order valence-corrected chi connectivity index (χ2v) is 3.26. The van der Waals surface area contributed by atoms with Crippen molar-refractivity contribution >= 4 is 5.71 Å². The molecule has 0 bridgehead atoms. The first kappa shape index (κ1) is 10.3. The van der Waals surface area contributed by atoms with Gasteiger partial charge in [-0.3, -0.25) is 9.97 Å². The van der Waals surface area contributed by atoms with Crippen LogP contribution in [0, 0.1) is 0 Å². The van der Waals surface area contributed by atoms with Gasteiger partial charge in [0.2, 0.25) is 0 Å². The lowest BCUT2D eigenvalue weighted by Crippen LogP contribution is -2.08. The van der Waals surface area contributed by atoms with Crippen molar-refractivity contribution in [3.63, 3.8) is 0 Å². The van der Waals surface area contributed by atoms with Gasteiger partial charge >= 0.3 is 0 Å². The van der Waals surface area contributed by atoms with E-state index in [4.69, 9.17) is 5.21 Å². The van der Waals surface area contributed by atoms with E-state index in [1.165, 1.54) is 0 Å².